The minimum Gasteiger partial charge on any atom is -0.456 e. The molecule has 1 aromatic heterocycles. The van der Waals surface area contributed by atoms with Gasteiger partial charge in [0.1, 0.15) is 0 Å². The molecule has 0 radical (unpaired) electrons. The number of hydrogen-bond acceptors (Lipinski definition) is 9. The van der Waals surface area contributed by atoms with E-state index in [9.17, 15) is 24.0 Å². The number of aromatic amines is 1. The maximum Gasteiger partial charge on any atom is 0.330 e. The molecule has 0 unspecified atom stereocenters. The van der Waals surface area contributed by atoms with Gasteiger partial charge >= 0.3 is 23.6 Å². The van der Waals surface area contributed by atoms with Crippen molar-refractivity contribution >= 4 is 17.9 Å². The second kappa shape index (κ2) is 8.16. The first-order valence-electron chi connectivity index (χ1n) is 8.05. The highest BCUT2D eigenvalue weighted by molar-refractivity contribution is 5.68. The Balaban J connectivity index is 2.51. The van der Waals surface area contributed by atoms with Crippen LogP contribution in [0.25, 0.3) is 0 Å². The standard InChI is InChI=1S/C16H20N2O9/c1-7-5-18(16(23)17-14(7)22)15-13(27-10(4)21)12(26-9(3)20)11(6-24-15)25-8(2)19/h5,11-13,15H,6H2,1-4H3,(H,17,22,23)/t11-,12-,13+,15+/m0/s1. The quantitative estimate of drug-likeness (QED) is 0.519. The van der Waals surface area contributed by atoms with Crippen LogP contribution in [-0.2, 0) is 33.3 Å². The van der Waals surface area contributed by atoms with E-state index in [2.05, 4.69) is 4.98 Å². The Morgan fingerprint density at radius 1 is 1.04 bits per heavy atom. The second-order valence-electron chi connectivity index (χ2n) is 6.00. The topological polar surface area (TPSA) is 143 Å². The van der Waals surface area contributed by atoms with Gasteiger partial charge in [0.25, 0.3) is 5.56 Å². The molecular weight excluding hydrogens is 364 g/mol. The SMILES string of the molecule is CC(=O)O[C@@H]1[C@@H](OC(C)=O)[C@H](n2cc(C)c(=O)[nH]c2=O)OC[C@@H]1OC(C)=O. The Labute approximate surface area is 153 Å². The van der Waals surface area contributed by atoms with Gasteiger partial charge in [-0.3, -0.25) is 28.7 Å². The van der Waals surface area contributed by atoms with E-state index in [1.165, 1.54) is 13.1 Å². The molecule has 1 aliphatic heterocycles. The molecule has 0 spiro atoms. The number of esters is 3. The molecule has 0 aromatic carbocycles. The Kier molecular flexibility index (Phi) is 6.16. The maximum absolute atomic E-state index is 12.2. The van der Waals surface area contributed by atoms with Crippen molar-refractivity contribution in [1.82, 2.24) is 9.55 Å². The molecule has 1 saturated heterocycles. The maximum atomic E-state index is 12.2. The van der Waals surface area contributed by atoms with Gasteiger partial charge in [-0.2, -0.15) is 0 Å². The number of nitrogens with zero attached hydrogens (tertiary/aromatic N) is 1. The van der Waals surface area contributed by atoms with E-state index in [0.717, 1.165) is 25.3 Å². The average molecular weight is 384 g/mol. The lowest BCUT2D eigenvalue weighted by Gasteiger charge is -2.40. The van der Waals surface area contributed by atoms with Gasteiger partial charge < -0.3 is 18.9 Å². The third-order valence-electron chi connectivity index (χ3n) is 3.74. The van der Waals surface area contributed by atoms with Crippen LogP contribution in [-0.4, -0.2) is 52.4 Å². The summed E-state index contributed by atoms with van der Waals surface area (Å²) in [6.07, 6.45) is -3.54. The van der Waals surface area contributed by atoms with Crippen molar-refractivity contribution in [2.45, 2.75) is 52.2 Å². The van der Waals surface area contributed by atoms with Crippen LogP contribution in [0.4, 0.5) is 0 Å². The van der Waals surface area contributed by atoms with Crippen molar-refractivity contribution in [3.8, 4) is 0 Å². The highest BCUT2D eigenvalue weighted by Crippen LogP contribution is 2.29. The van der Waals surface area contributed by atoms with Gasteiger partial charge in [0.2, 0.25) is 0 Å². The number of nitrogens with one attached hydrogen (secondary N) is 1. The summed E-state index contributed by atoms with van der Waals surface area (Å²) in [7, 11) is 0. The van der Waals surface area contributed by atoms with E-state index >= 15 is 0 Å². The van der Waals surface area contributed by atoms with Gasteiger partial charge in [0.15, 0.2) is 24.5 Å². The molecule has 4 atom stereocenters. The van der Waals surface area contributed by atoms with Crippen LogP contribution in [0.5, 0.6) is 0 Å². The zero-order valence-corrected chi connectivity index (χ0v) is 15.2. The highest BCUT2D eigenvalue weighted by atomic mass is 16.6. The van der Waals surface area contributed by atoms with E-state index < -0.39 is 53.7 Å². The minimum absolute atomic E-state index is 0.214. The zero-order chi connectivity index (χ0) is 20.3. The summed E-state index contributed by atoms with van der Waals surface area (Å²) >= 11 is 0. The molecule has 1 fully saturated rings. The van der Waals surface area contributed by atoms with E-state index in [0.29, 0.717) is 0 Å². The summed E-state index contributed by atoms with van der Waals surface area (Å²) in [6, 6.07) is 0. The van der Waals surface area contributed by atoms with Gasteiger partial charge in [-0.25, -0.2) is 4.79 Å². The van der Waals surface area contributed by atoms with Crippen LogP contribution in [0.1, 0.15) is 32.6 Å². The van der Waals surface area contributed by atoms with Gasteiger partial charge in [-0.15, -0.1) is 0 Å². The summed E-state index contributed by atoms with van der Waals surface area (Å²) in [6.45, 7) is 4.66. The fraction of sp³-hybridized carbons (Fsp3) is 0.562. The lowest BCUT2D eigenvalue weighted by atomic mass is 10.0. The van der Waals surface area contributed by atoms with E-state index in [4.69, 9.17) is 18.9 Å². The third kappa shape index (κ3) is 4.82. The largest absolute Gasteiger partial charge is 0.456 e. The van der Waals surface area contributed by atoms with Crippen LogP contribution >= 0.6 is 0 Å². The average Bonchev–Trinajstić information content (AvgIpc) is 2.53. The van der Waals surface area contributed by atoms with Gasteiger partial charge in [-0.05, 0) is 6.92 Å². The molecule has 0 amide bonds. The van der Waals surface area contributed by atoms with E-state index in [1.807, 2.05) is 0 Å². The monoisotopic (exact) mass is 384 g/mol. The van der Waals surface area contributed by atoms with Crippen LogP contribution in [0.3, 0.4) is 0 Å². The molecule has 1 aromatic rings. The summed E-state index contributed by atoms with van der Waals surface area (Å²) in [5.41, 5.74) is -1.17. The van der Waals surface area contributed by atoms with Gasteiger partial charge in [0.05, 0.1) is 6.61 Å². The summed E-state index contributed by atoms with van der Waals surface area (Å²) in [4.78, 5) is 60.4. The molecule has 11 nitrogen and oxygen atoms in total. The van der Waals surface area contributed by atoms with Gasteiger partial charge in [0, 0.05) is 32.5 Å². The fourth-order valence-electron chi connectivity index (χ4n) is 2.74. The predicted octanol–water partition coefficient (Wildman–Crippen LogP) is -0.831. The first-order valence-corrected chi connectivity index (χ1v) is 8.05. The van der Waals surface area contributed by atoms with Crippen molar-refractivity contribution in [2.75, 3.05) is 6.61 Å². The number of aromatic nitrogens is 2. The predicted molar refractivity (Wildman–Crippen MR) is 87.7 cm³/mol. The number of aryl methyl sites for hydroxylation is 1. The Hall–Kier alpha value is -2.95. The van der Waals surface area contributed by atoms with E-state index in [-0.39, 0.29) is 12.2 Å². The smallest absolute Gasteiger partial charge is 0.330 e. The Morgan fingerprint density at radius 2 is 1.59 bits per heavy atom. The number of rotatable bonds is 4. The van der Waals surface area contributed by atoms with Crippen LogP contribution < -0.4 is 11.2 Å². The molecule has 0 bridgehead atoms. The van der Waals surface area contributed by atoms with Crippen LogP contribution in [0.2, 0.25) is 0 Å². The lowest BCUT2D eigenvalue weighted by molar-refractivity contribution is -0.240. The molecular formula is C16H20N2O9. The third-order valence-corrected chi connectivity index (χ3v) is 3.74. The van der Waals surface area contributed by atoms with Crippen molar-refractivity contribution in [3.05, 3.63) is 32.6 Å². The molecule has 2 rings (SSSR count). The van der Waals surface area contributed by atoms with Crippen LogP contribution in [0.15, 0.2) is 15.8 Å². The summed E-state index contributed by atoms with van der Waals surface area (Å²) in [5, 5.41) is 0. The first-order chi connectivity index (χ1) is 12.6. The normalized spacial score (nSPS) is 24.7. The molecule has 27 heavy (non-hydrogen) atoms. The molecule has 0 saturated carbocycles. The first kappa shape index (κ1) is 20.4. The number of hydrogen-bond donors (Lipinski definition) is 1. The van der Waals surface area contributed by atoms with Crippen molar-refractivity contribution in [2.24, 2.45) is 0 Å². The number of ether oxygens (including phenoxy) is 4. The summed E-state index contributed by atoms with van der Waals surface area (Å²) in [5.74, 6) is -2.10. The lowest BCUT2D eigenvalue weighted by Crippen LogP contribution is -2.57. The Morgan fingerprint density at radius 3 is 2.15 bits per heavy atom. The molecule has 148 valence electrons. The minimum atomic E-state index is -1.30. The number of carbonyl (C=O) groups is 3. The fourth-order valence-corrected chi connectivity index (χ4v) is 2.74. The second-order valence-corrected chi connectivity index (χ2v) is 6.00. The van der Waals surface area contributed by atoms with Crippen molar-refractivity contribution in [1.29, 1.82) is 0 Å². The number of H-pyrrole nitrogens is 1. The molecule has 1 N–H and O–H groups in total. The molecule has 11 heteroatoms. The Bertz CT molecular complexity index is 856. The zero-order valence-electron chi connectivity index (χ0n) is 15.2. The van der Waals surface area contributed by atoms with Crippen LogP contribution in [0, 0.1) is 6.92 Å². The summed E-state index contributed by atoms with van der Waals surface area (Å²) < 4.78 is 22.1. The molecule has 0 aliphatic carbocycles. The molecule has 1 aliphatic rings. The molecule has 2 heterocycles. The number of carbonyl (C=O) groups excluding carboxylic acids is 3. The highest BCUT2D eigenvalue weighted by Gasteiger charge is 2.48. The van der Waals surface area contributed by atoms with Crippen molar-refractivity contribution < 1.29 is 33.3 Å². The van der Waals surface area contributed by atoms with E-state index in [1.54, 1.807) is 0 Å². The van der Waals surface area contributed by atoms with Crippen molar-refractivity contribution in [3.63, 3.8) is 0 Å². The van der Waals surface area contributed by atoms with Gasteiger partial charge in [-0.1, -0.05) is 0 Å².